The quantitative estimate of drug-likeness (QED) is 0.0276. The average molecular weight is 807 g/mol. The maximum absolute atomic E-state index is 12.6. The second kappa shape index (κ2) is 38.8. The highest BCUT2D eigenvalue weighted by Gasteiger charge is 2.22. The predicted molar refractivity (Wildman–Crippen MR) is 220 cm³/mol. The lowest BCUT2D eigenvalue weighted by Crippen LogP contribution is -2.70. The number of unbranched alkanes of at least 4 members (excludes halogenated alkanes) is 12. The van der Waals surface area contributed by atoms with Crippen LogP contribution in [0.5, 0.6) is 0 Å². The Kier molecular flexibility index (Phi) is 36.6. The van der Waals surface area contributed by atoms with Crippen molar-refractivity contribution in [2.45, 2.75) is 167 Å². The largest absolute Gasteiger partial charge is 0.756 e. The highest BCUT2D eigenvalue weighted by atomic mass is 31.2. The lowest BCUT2D eigenvalue weighted by atomic mass is 10.1. The molecule has 0 amide bonds. The zero-order chi connectivity index (χ0) is 41.4. The summed E-state index contributed by atoms with van der Waals surface area (Å²) < 4.78 is 32.3. The smallest absolute Gasteiger partial charge is 0.306 e. The number of carboxylic acid groups (broad SMARTS) is 1. The Labute approximate surface area is 338 Å². The molecule has 0 fully saturated rings. The summed E-state index contributed by atoms with van der Waals surface area (Å²) in [4.78, 5) is 48.0. The van der Waals surface area contributed by atoms with Gasteiger partial charge in [-0.2, -0.15) is 0 Å². The van der Waals surface area contributed by atoms with E-state index in [1.54, 1.807) is 0 Å². The topological polar surface area (TPSA) is 179 Å². The standard InChI is InChI=1S/C44H74NO10P/c1-3-5-7-9-11-13-15-17-19-20-22-23-25-27-29-31-33-35-42(46)52-37-40(38-53-56(50,51)54-39-41(45)44(48)49)55-43(47)36-34-32-30-28-26-24-21-18-16-14-12-10-8-6-4-2/h5-8,11-14,17-19,21,40-41H,3-4,9-10,15-16,20,22-39,45H2,1-2H3,(H,48,49)(H,50,51)/p-1/b7-5-,8-6-,13-11-,14-12-,19-17-,21-18-/t40-,41+/m1/s1. The van der Waals surface area contributed by atoms with E-state index in [-0.39, 0.29) is 19.4 Å². The fraction of sp³-hybridized carbons (Fsp3) is 0.659. The van der Waals surface area contributed by atoms with Gasteiger partial charge in [-0.1, -0.05) is 138 Å². The molecule has 0 heterocycles. The van der Waals surface area contributed by atoms with Crippen LogP contribution >= 0.6 is 7.82 Å². The molecule has 0 aromatic carbocycles. The number of aliphatic carboxylic acids is 1. The van der Waals surface area contributed by atoms with Gasteiger partial charge in [-0.3, -0.25) is 14.2 Å². The number of ether oxygens (including phenoxy) is 2. The maximum atomic E-state index is 12.6. The van der Waals surface area contributed by atoms with Gasteiger partial charge in [0.2, 0.25) is 0 Å². The van der Waals surface area contributed by atoms with Crippen molar-refractivity contribution >= 4 is 25.7 Å². The van der Waals surface area contributed by atoms with Gasteiger partial charge in [-0.25, -0.2) is 0 Å². The molecule has 0 bridgehead atoms. The monoisotopic (exact) mass is 806 g/mol. The molecule has 56 heavy (non-hydrogen) atoms. The SMILES string of the molecule is CC/C=C\C/C=C\C/C=C\CCCCCCCCCC(=O)OC[C@H](COP(=O)([O-])OC[C@H]([NH3+])C(=O)[O-])OC(=O)CCCCCCC/C=C\C/C=C\C/C=C\CC. The number of phosphoric ester groups is 1. The van der Waals surface area contributed by atoms with Crippen LogP contribution in [0.3, 0.4) is 0 Å². The van der Waals surface area contributed by atoms with Crippen molar-refractivity contribution in [2.24, 2.45) is 0 Å². The molecule has 0 aliphatic rings. The van der Waals surface area contributed by atoms with Gasteiger partial charge < -0.3 is 39.0 Å². The number of hydrogen-bond donors (Lipinski definition) is 1. The molecule has 0 aliphatic heterocycles. The third-order valence-electron chi connectivity index (χ3n) is 8.48. The van der Waals surface area contributed by atoms with Crippen LogP contribution in [-0.2, 0) is 37.5 Å². The third-order valence-corrected chi connectivity index (χ3v) is 9.41. The Balaban J connectivity index is 4.43. The second-order valence-electron chi connectivity index (χ2n) is 13.8. The number of carbonyl (C=O) groups excluding carboxylic acids is 3. The van der Waals surface area contributed by atoms with Crippen molar-refractivity contribution in [3.8, 4) is 0 Å². The van der Waals surface area contributed by atoms with Crippen molar-refractivity contribution in [1.82, 2.24) is 0 Å². The van der Waals surface area contributed by atoms with Gasteiger partial charge in [-0.15, -0.1) is 0 Å². The molecule has 0 aromatic heterocycles. The first-order valence-corrected chi connectivity index (χ1v) is 22.5. The van der Waals surface area contributed by atoms with Gasteiger partial charge in [0.15, 0.2) is 6.10 Å². The van der Waals surface area contributed by atoms with Crippen LogP contribution in [0.15, 0.2) is 72.9 Å². The number of quaternary nitrogens is 1. The summed E-state index contributed by atoms with van der Waals surface area (Å²) in [5.41, 5.74) is 3.24. The van der Waals surface area contributed by atoms with E-state index in [1.807, 2.05) is 0 Å². The maximum Gasteiger partial charge on any atom is 0.306 e. The molecule has 11 nitrogen and oxygen atoms in total. The van der Waals surface area contributed by atoms with E-state index in [0.29, 0.717) is 12.8 Å². The summed E-state index contributed by atoms with van der Waals surface area (Å²) in [7, 11) is -4.96. The number of hydrogen-bond acceptors (Lipinski definition) is 10. The van der Waals surface area contributed by atoms with Gasteiger partial charge in [-0.05, 0) is 77.0 Å². The third kappa shape index (κ3) is 37.8. The average Bonchev–Trinajstić information content (AvgIpc) is 3.17. The Hall–Kier alpha value is -3.08. The second-order valence-corrected chi connectivity index (χ2v) is 15.2. The minimum atomic E-state index is -4.96. The molecule has 3 atom stereocenters. The van der Waals surface area contributed by atoms with Crippen LogP contribution in [-0.4, -0.2) is 49.9 Å². The van der Waals surface area contributed by atoms with Crippen molar-refractivity contribution in [2.75, 3.05) is 19.8 Å². The fourth-order valence-electron chi connectivity index (χ4n) is 5.21. The zero-order valence-electron chi connectivity index (χ0n) is 34.5. The Morgan fingerprint density at radius 1 is 0.554 bits per heavy atom. The van der Waals surface area contributed by atoms with E-state index >= 15 is 0 Å². The number of rotatable bonds is 38. The summed E-state index contributed by atoms with van der Waals surface area (Å²) in [5.74, 6) is -2.62. The first-order valence-electron chi connectivity index (χ1n) is 21.0. The number of allylic oxidation sites excluding steroid dienone is 12. The van der Waals surface area contributed by atoms with Crippen LogP contribution < -0.4 is 15.7 Å². The van der Waals surface area contributed by atoms with Crippen LogP contribution in [0.4, 0.5) is 0 Å². The van der Waals surface area contributed by atoms with Crippen molar-refractivity contribution < 1.29 is 53.2 Å². The molecule has 320 valence electrons. The Bertz CT molecular complexity index is 1230. The lowest BCUT2D eigenvalue weighted by Gasteiger charge is -2.26. The highest BCUT2D eigenvalue weighted by molar-refractivity contribution is 7.45. The predicted octanol–water partition coefficient (Wildman–Crippen LogP) is 8.26. The van der Waals surface area contributed by atoms with Crippen LogP contribution in [0.2, 0.25) is 0 Å². The molecule has 0 aliphatic carbocycles. The first kappa shape index (κ1) is 52.9. The molecule has 0 spiro atoms. The highest BCUT2D eigenvalue weighted by Crippen LogP contribution is 2.38. The van der Waals surface area contributed by atoms with Crippen LogP contribution in [0.25, 0.3) is 0 Å². The minimum Gasteiger partial charge on any atom is -0.756 e. The normalized spacial score (nSPS) is 14.5. The summed E-state index contributed by atoms with van der Waals surface area (Å²) >= 11 is 0. The fourth-order valence-corrected chi connectivity index (χ4v) is 6.00. The van der Waals surface area contributed by atoms with Gasteiger partial charge in [0.25, 0.3) is 7.82 Å². The van der Waals surface area contributed by atoms with Gasteiger partial charge in [0.05, 0.1) is 6.61 Å². The number of phosphoric acid groups is 1. The van der Waals surface area contributed by atoms with Crippen LogP contribution in [0, 0.1) is 0 Å². The minimum absolute atomic E-state index is 0.121. The van der Waals surface area contributed by atoms with E-state index in [4.69, 9.17) is 14.0 Å². The zero-order valence-corrected chi connectivity index (χ0v) is 35.4. The summed E-state index contributed by atoms with van der Waals surface area (Å²) in [5, 5.41) is 10.8. The molecule has 0 radical (unpaired) electrons. The number of carbonyl (C=O) groups is 3. The van der Waals surface area contributed by atoms with Gasteiger partial charge >= 0.3 is 11.9 Å². The number of carboxylic acids is 1. The molecule has 3 N–H and O–H groups in total. The summed E-state index contributed by atoms with van der Waals surface area (Å²) in [6.07, 6.45) is 45.2. The molecule has 0 aromatic rings. The van der Waals surface area contributed by atoms with E-state index in [0.717, 1.165) is 103 Å². The molecule has 1 unspecified atom stereocenters. The lowest BCUT2D eigenvalue weighted by molar-refractivity contribution is -0.441. The summed E-state index contributed by atoms with van der Waals surface area (Å²) in [6, 6.07) is -1.43. The van der Waals surface area contributed by atoms with E-state index in [1.165, 1.54) is 12.8 Å². The van der Waals surface area contributed by atoms with E-state index < -0.39 is 51.1 Å². The first-order chi connectivity index (χ1) is 27.1. The van der Waals surface area contributed by atoms with Crippen molar-refractivity contribution in [3.63, 3.8) is 0 Å². The van der Waals surface area contributed by atoms with E-state index in [2.05, 4.69) is 97.0 Å². The van der Waals surface area contributed by atoms with Crippen LogP contribution in [0.1, 0.15) is 155 Å². The molecule has 12 heteroatoms. The van der Waals surface area contributed by atoms with Crippen molar-refractivity contribution in [1.29, 1.82) is 0 Å². The van der Waals surface area contributed by atoms with Gasteiger partial charge in [0.1, 0.15) is 25.2 Å². The van der Waals surface area contributed by atoms with Crippen molar-refractivity contribution in [3.05, 3.63) is 72.9 Å². The molecule has 0 rings (SSSR count). The van der Waals surface area contributed by atoms with E-state index in [9.17, 15) is 28.9 Å². The molecule has 0 saturated carbocycles. The Morgan fingerprint density at radius 2 is 0.946 bits per heavy atom. The summed E-state index contributed by atoms with van der Waals surface area (Å²) in [6.45, 7) is 2.43. The van der Waals surface area contributed by atoms with Gasteiger partial charge in [0, 0.05) is 12.8 Å². The Morgan fingerprint density at radius 3 is 1.41 bits per heavy atom. The molecular formula is C44H73NO10P-. The number of esters is 2. The molecular weight excluding hydrogens is 733 g/mol. The molecule has 0 saturated heterocycles.